The van der Waals surface area contributed by atoms with Crippen LogP contribution < -0.4 is 25.5 Å². The van der Waals surface area contributed by atoms with Crippen LogP contribution in [0.4, 0.5) is 4.79 Å². The van der Waals surface area contributed by atoms with Gasteiger partial charge in [0.1, 0.15) is 18.8 Å². The monoisotopic (exact) mass is 444 g/mol. The minimum absolute atomic E-state index is 0.0433. The van der Waals surface area contributed by atoms with Gasteiger partial charge in [-0.2, -0.15) is 5.01 Å². The van der Waals surface area contributed by atoms with Gasteiger partial charge in [0.05, 0.1) is 6.54 Å². The number of urea groups is 1. The fraction of sp³-hybridized carbons (Fsp3) is 0.609. The molecule has 1 unspecified atom stereocenters. The molecule has 0 radical (unpaired) electrons. The fourth-order valence-corrected chi connectivity index (χ4v) is 4.67. The molecule has 0 bridgehead atoms. The predicted molar refractivity (Wildman–Crippen MR) is 117 cm³/mol. The lowest BCUT2D eigenvalue weighted by Gasteiger charge is -2.33. The van der Waals surface area contributed by atoms with Crippen molar-refractivity contribution in [1.82, 2.24) is 21.1 Å². The van der Waals surface area contributed by atoms with Crippen molar-refractivity contribution in [2.24, 2.45) is 11.8 Å². The van der Waals surface area contributed by atoms with Crippen LogP contribution in [0.2, 0.25) is 0 Å². The molecule has 32 heavy (non-hydrogen) atoms. The number of carbonyl (C=O) groups excluding carboxylic acids is 3. The summed E-state index contributed by atoms with van der Waals surface area (Å²) in [5, 5.41) is 6.90. The van der Waals surface area contributed by atoms with Crippen LogP contribution in [0.15, 0.2) is 18.2 Å². The molecule has 3 N–H and O–H groups in total. The first-order valence-corrected chi connectivity index (χ1v) is 11.4. The molecule has 3 aliphatic rings. The Labute approximate surface area is 188 Å². The van der Waals surface area contributed by atoms with Gasteiger partial charge in [0.25, 0.3) is 11.8 Å². The Morgan fingerprint density at radius 2 is 1.88 bits per heavy atom. The minimum Gasteiger partial charge on any atom is -0.486 e. The molecular formula is C23H32N4O5. The van der Waals surface area contributed by atoms with Crippen LogP contribution >= 0.6 is 0 Å². The predicted octanol–water partition coefficient (Wildman–Crippen LogP) is 2.28. The van der Waals surface area contributed by atoms with E-state index in [0.29, 0.717) is 43.5 Å². The van der Waals surface area contributed by atoms with Gasteiger partial charge in [0.15, 0.2) is 11.5 Å². The van der Waals surface area contributed by atoms with Crippen molar-refractivity contribution in [3.05, 3.63) is 23.8 Å². The Kier molecular flexibility index (Phi) is 6.28. The molecule has 9 nitrogen and oxygen atoms in total. The average Bonchev–Trinajstić information content (AvgIpc) is 3.00. The number of rotatable bonds is 6. The van der Waals surface area contributed by atoms with Crippen LogP contribution in [0, 0.1) is 11.8 Å². The first-order chi connectivity index (χ1) is 15.3. The molecule has 174 valence electrons. The quantitative estimate of drug-likeness (QED) is 0.581. The van der Waals surface area contributed by atoms with Crippen LogP contribution in [0.5, 0.6) is 11.5 Å². The summed E-state index contributed by atoms with van der Waals surface area (Å²) in [7, 11) is 0. The zero-order valence-electron chi connectivity index (χ0n) is 18.9. The number of hydrazine groups is 1. The van der Waals surface area contributed by atoms with Crippen LogP contribution in [-0.4, -0.2) is 48.2 Å². The molecule has 0 aromatic heterocycles. The maximum atomic E-state index is 12.9. The molecule has 4 amide bonds. The summed E-state index contributed by atoms with van der Waals surface area (Å²) >= 11 is 0. The van der Waals surface area contributed by atoms with E-state index in [1.807, 2.05) is 18.2 Å². The smallest absolute Gasteiger partial charge is 0.344 e. The molecule has 1 aromatic carbocycles. The summed E-state index contributed by atoms with van der Waals surface area (Å²) in [6, 6.07) is 5.07. The van der Waals surface area contributed by atoms with Crippen molar-refractivity contribution in [2.45, 2.75) is 58.0 Å². The van der Waals surface area contributed by atoms with E-state index < -0.39 is 17.5 Å². The number of hydrogen-bond donors (Lipinski definition) is 3. The lowest BCUT2D eigenvalue weighted by atomic mass is 9.77. The fourth-order valence-electron chi connectivity index (χ4n) is 4.67. The number of fused-ring (bicyclic) bond motifs is 1. The van der Waals surface area contributed by atoms with Crippen LogP contribution in [0.1, 0.15) is 58.1 Å². The highest BCUT2D eigenvalue weighted by Gasteiger charge is 2.52. The van der Waals surface area contributed by atoms with E-state index in [0.717, 1.165) is 23.4 Å². The van der Waals surface area contributed by atoms with Crippen LogP contribution in [-0.2, 0) is 9.59 Å². The Morgan fingerprint density at radius 1 is 1.19 bits per heavy atom. The molecule has 2 heterocycles. The third kappa shape index (κ3) is 4.39. The van der Waals surface area contributed by atoms with Gasteiger partial charge < -0.3 is 20.1 Å². The molecule has 1 saturated carbocycles. The van der Waals surface area contributed by atoms with Gasteiger partial charge in [-0.15, -0.1) is 0 Å². The lowest BCUT2D eigenvalue weighted by molar-refractivity contribution is -0.139. The largest absolute Gasteiger partial charge is 0.486 e. The summed E-state index contributed by atoms with van der Waals surface area (Å²) in [5.74, 6) is 1.32. The first kappa shape index (κ1) is 22.4. The highest BCUT2D eigenvalue weighted by atomic mass is 16.6. The Balaban J connectivity index is 1.37. The van der Waals surface area contributed by atoms with E-state index in [4.69, 9.17) is 9.47 Å². The molecule has 1 saturated heterocycles. The standard InChI is InChI=1S/C23H32N4O5/c1-14(2)20(16-4-5-17-18(12-16)32-11-10-31-17)24-13-19(28)26-27-21(29)23(25-22(27)30)8-6-15(3)7-9-23/h4-5,12,14-15,20,24H,6-11,13H2,1-3H3,(H,25,30)(H,26,28). The molecule has 1 aliphatic carbocycles. The zero-order chi connectivity index (χ0) is 22.9. The number of nitrogens with zero attached hydrogens (tertiary/aromatic N) is 1. The van der Waals surface area contributed by atoms with Crippen molar-refractivity contribution in [3.63, 3.8) is 0 Å². The second kappa shape index (κ2) is 8.97. The second-order valence-corrected chi connectivity index (χ2v) is 9.38. The van der Waals surface area contributed by atoms with Gasteiger partial charge in [-0.3, -0.25) is 15.0 Å². The van der Waals surface area contributed by atoms with Gasteiger partial charge in [-0.1, -0.05) is 26.8 Å². The third-order valence-electron chi connectivity index (χ3n) is 6.60. The number of ether oxygens (including phenoxy) is 2. The Hall–Kier alpha value is -2.81. The number of benzene rings is 1. The highest BCUT2D eigenvalue weighted by Crippen LogP contribution is 2.36. The van der Waals surface area contributed by atoms with E-state index in [1.54, 1.807) is 0 Å². The Morgan fingerprint density at radius 3 is 2.56 bits per heavy atom. The summed E-state index contributed by atoms with van der Waals surface area (Å²) in [6.07, 6.45) is 2.95. The molecule has 4 rings (SSSR count). The maximum Gasteiger partial charge on any atom is 0.344 e. The van der Waals surface area contributed by atoms with E-state index in [1.165, 1.54) is 0 Å². The molecule has 1 atom stereocenters. The van der Waals surface area contributed by atoms with Gasteiger partial charge >= 0.3 is 6.03 Å². The molecule has 1 spiro atoms. The van der Waals surface area contributed by atoms with Crippen molar-refractivity contribution >= 4 is 17.8 Å². The Bertz CT molecular complexity index is 894. The van der Waals surface area contributed by atoms with Gasteiger partial charge in [0.2, 0.25) is 0 Å². The summed E-state index contributed by atoms with van der Waals surface area (Å²) in [4.78, 5) is 37.9. The summed E-state index contributed by atoms with van der Waals surface area (Å²) in [5.41, 5.74) is 2.58. The van der Waals surface area contributed by atoms with E-state index >= 15 is 0 Å². The average molecular weight is 445 g/mol. The molecule has 2 fully saturated rings. The summed E-state index contributed by atoms with van der Waals surface area (Å²) in [6.45, 7) is 7.24. The molecule has 2 aliphatic heterocycles. The molecular weight excluding hydrogens is 412 g/mol. The minimum atomic E-state index is -0.879. The molecule has 1 aromatic rings. The topological polar surface area (TPSA) is 109 Å². The number of carbonyl (C=O) groups is 3. The van der Waals surface area contributed by atoms with Crippen molar-refractivity contribution < 1.29 is 23.9 Å². The number of imide groups is 1. The number of hydrogen-bond acceptors (Lipinski definition) is 6. The normalized spacial score (nSPS) is 25.8. The van der Waals surface area contributed by atoms with E-state index in [9.17, 15) is 14.4 Å². The number of amides is 4. The lowest BCUT2D eigenvalue weighted by Crippen LogP contribution is -2.52. The number of nitrogens with one attached hydrogen (secondary N) is 3. The second-order valence-electron chi connectivity index (χ2n) is 9.38. The van der Waals surface area contributed by atoms with E-state index in [-0.39, 0.29) is 24.4 Å². The zero-order valence-corrected chi connectivity index (χ0v) is 18.9. The SMILES string of the molecule is CC1CCC2(CC1)NC(=O)N(NC(=O)CNC(c1ccc3c(c1)OCCO3)C(C)C)C2=O. The van der Waals surface area contributed by atoms with E-state index in [2.05, 4.69) is 36.8 Å². The van der Waals surface area contributed by atoms with Gasteiger partial charge in [-0.05, 0) is 55.2 Å². The highest BCUT2D eigenvalue weighted by molar-refractivity contribution is 6.08. The van der Waals surface area contributed by atoms with Gasteiger partial charge in [-0.25, -0.2) is 4.79 Å². The summed E-state index contributed by atoms with van der Waals surface area (Å²) < 4.78 is 11.3. The maximum absolute atomic E-state index is 12.9. The van der Waals surface area contributed by atoms with Gasteiger partial charge in [0, 0.05) is 6.04 Å². The van der Waals surface area contributed by atoms with Crippen LogP contribution in [0.3, 0.4) is 0 Å². The van der Waals surface area contributed by atoms with Crippen molar-refractivity contribution in [1.29, 1.82) is 0 Å². The molecule has 9 heteroatoms. The first-order valence-electron chi connectivity index (χ1n) is 11.4. The van der Waals surface area contributed by atoms with Crippen molar-refractivity contribution in [3.8, 4) is 11.5 Å². The third-order valence-corrected chi connectivity index (χ3v) is 6.60. The van der Waals surface area contributed by atoms with Crippen molar-refractivity contribution in [2.75, 3.05) is 19.8 Å². The van der Waals surface area contributed by atoms with Crippen LogP contribution in [0.25, 0.3) is 0 Å².